The van der Waals surface area contributed by atoms with Crippen LogP contribution in [0.2, 0.25) is 0 Å². The quantitative estimate of drug-likeness (QED) is 0.739. The molecule has 0 unspecified atom stereocenters. The van der Waals surface area contributed by atoms with E-state index in [2.05, 4.69) is 15.0 Å². The number of hydrogen-bond donors (Lipinski definition) is 2. The van der Waals surface area contributed by atoms with Crippen molar-refractivity contribution in [3.05, 3.63) is 18.5 Å². The molecule has 0 fully saturated rings. The van der Waals surface area contributed by atoms with Crippen LogP contribution < -0.4 is 10.5 Å². The van der Waals surface area contributed by atoms with Crippen LogP contribution in [0.25, 0.3) is 11.2 Å². The third-order valence-corrected chi connectivity index (χ3v) is 3.00. The Morgan fingerprint density at radius 1 is 1.44 bits per heavy atom. The third kappa shape index (κ3) is 1.60. The van der Waals surface area contributed by atoms with Crippen LogP contribution in [0.1, 0.15) is 12.5 Å². The highest BCUT2D eigenvalue weighted by Gasteiger charge is 2.22. The molecule has 2 aromatic rings. The summed E-state index contributed by atoms with van der Waals surface area (Å²) >= 11 is 0. The van der Waals surface area contributed by atoms with Crippen LogP contribution in [0, 0.1) is 0 Å². The van der Waals surface area contributed by atoms with Gasteiger partial charge in [-0.3, -0.25) is 0 Å². The molecule has 1 aliphatic carbocycles. The Hall–Kier alpha value is -2.15. The Kier molecular flexibility index (Phi) is 2.41. The number of aliphatic hydroxyl groups is 1. The van der Waals surface area contributed by atoms with E-state index in [1.165, 1.54) is 7.11 Å². The topological polar surface area (TPSA) is 99.1 Å². The number of methoxy groups -OCH3 is 1. The van der Waals surface area contributed by atoms with Crippen molar-refractivity contribution in [2.24, 2.45) is 0 Å². The summed E-state index contributed by atoms with van der Waals surface area (Å²) in [6.45, 7) is 0. The Morgan fingerprint density at radius 3 is 2.94 bits per heavy atom. The number of aliphatic hydroxyl groups excluding tert-OH is 1. The number of aromatic nitrogens is 4. The first kappa shape index (κ1) is 11.0. The molecule has 2 aromatic heterocycles. The normalized spacial score (nSPS) is 22.8. The molecule has 1 aliphatic rings. The highest BCUT2D eigenvalue weighted by molar-refractivity contribution is 5.77. The second-order valence-corrected chi connectivity index (χ2v) is 4.17. The number of rotatable bonds is 2. The van der Waals surface area contributed by atoms with Crippen molar-refractivity contribution in [3.8, 4) is 5.88 Å². The lowest BCUT2D eigenvalue weighted by atomic mass is 10.2. The van der Waals surface area contributed by atoms with Gasteiger partial charge in [-0.1, -0.05) is 12.2 Å². The summed E-state index contributed by atoms with van der Waals surface area (Å²) in [5.74, 6) is 0.502. The number of nitrogens with zero attached hydrogens (tertiary/aromatic N) is 4. The van der Waals surface area contributed by atoms with Gasteiger partial charge in [0, 0.05) is 6.42 Å². The molecule has 3 N–H and O–H groups in total. The van der Waals surface area contributed by atoms with Gasteiger partial charge in [0.1, 0.15) is 0 Å². The number of anilines is 1. The molecule has 0 saturated heterocycles. The van der Waals surface area contributed by atoms with E-state index in [1.807, 2.05) is 10.6 Å². The molecule has 0 radical (unpaired) electrons. The van der Waals surface area contributed by atoms with Gasteiger partial charge in [0.05, 0.1) is 25.6 Å². The van der Waals surface area contributed by atoms with Gasteiger partial charge < -0.3 is 20.1 Å². The van der Waals surface area contributed by atoms with Crippen LogP contribution in [0.5, 0.6) is 5.88 Å². The zero-order valence-electron chi connectivity index (χ0n) is 9.82. The predicted molar refractivity (Wildman–Crippen MR) is 65.1 cm³/mol. The first-order valence-corrected chi connectivity index (χ1v) is 5.59. The van der Waals surface area contributed by atoms with Gasteiger partial charge in [0.15, 0.2) is 11.2 Å². The second kappa shape index (κ2) is 3.95. The number of allylic oxidation sites excluding steroid dienone is 1. The first-order chi connectivity index (χ1) is 8.69. The fourth-order valence-corrected chi connectivity index (χ4v) is 2.16. The average molecular weight is 247 g/mol. The second-order valence-electron chi connectivity index (χ2n) is 4.17. The molecule has 0 bridgehead atoms. The molecule has 0 aliphatic heterocycles. The van der Waals surface area contributed by atoms with Gasteiger partial charge >= 0.3 is 0 Å². The summed E-state index contributed by atoms with van der Waals surface area (Å²) in [7, 11) is 1.51. The SMILES string of the molecule is COc1nc(N)nc2c1ncn2[C@H]1C=C[C@@H](O)C1. The lowest BCUT2D eigenvalue weighted by molar-refractivity contribution is 0.211. The van der Waals surface area contributed by atoms with Gasteiger partial charge in [0.25, 0.3) is 0 Å². The van der Waals surface area contributed by atoms with Crippen LogP contribution in [0.3, 0.4) is 0 Å². The van der Waals surface area contributed by atoms with Crippen molar-refractivity contribution in [3.63, 3.8) is 0 Å². The average Bonchev–Trinajstić information content (AvgIpc) is 2.93. The minimum atomic E-state index is -0.423. The molecule has 18 heavy (non-hydrogen) atoms. The summed E-state index contributed by atoms with van der Waals surface area (Å²) in [5, 5.41) is 9.52. The number of imidazole rings is 1. The maximum atomic E-state index is 9.52. The van der Waals surface area contributed by atoms with E-state index in [0.717, 1.165) is 0 Å². The smallest absolute Gasteiger partial charge is 0.246 e. The summed E-state index contributed by atoms with van der Waals surface area (Å²) in [6.07, 6.45) is 5.54. The highest BCUT2D eigenvalue weighted by atomic mass is 16.5. The summed E-state index contributed by atoms with van der Waals surface area (Å²) < 4.78 is 6.99. The number of nitrogens with two attached hydrogens (primary N) is 1. The predicted octanol–water partition coefficient (Wildman–Crippen LogP) is 0.279. The van der Waals surface area contributed by atoms with Gasteiger partial charge in [-0.25, -0.2) is 4.98 Å². The van der Waals surface area contributed by atoms with Gasteiger partial charge in [-0.15, -0.1) is 0 Å². The summed E-state index contributed by atoms with van der Waals surface area (Å²) in [5.41, 5.74) is 6.83. The van der Waals surface area contributed by atoms with Crippen molar-refractivity contribution in [2.45, 2.75) is 18.6 Å². The molecule has 0 amide bonds. The van der Waals surface area contributed by atoms with Crippen LogP contribution in [-0.4, -0.2) is 37.8 Å². The van der Waals surface area contributed by atoms with Gasteiger partial charge in [-0.2, -0.15) is 9.97 Å². The standard InChI is InChI=1S/C11H13N5O2/c1-18-10-8-9(14-11(12)15-10)16(5-13-8)6-2-3-7(17)4-6/h2-3,5-7,17H,4H2,1H3,(H2,12,14,15)/t6-,7+/m0/s1. The number of fused-ring (bicyclic) bond motifs is 1. The fraction of sp³-hybridized carbons (Fsp3) is 0.364. The lowest BCUT2D eigenvalue weighted by Gasteiger charge is -2.11. The molecule has 7 nitrogen and oxygen atoms in total. The maximum absolute atomic E-state index is 9.52. The number of hydrogen-bond acceptors (Lipinski definition) is 6. The molecule has 2 heterocycles. The van der Waals surface area contributed by atoms with E-state index >= 15 is 0 Å². The van der Waals surface area contributed by atoms with Gasteiger partial charge in [-0.05, 0) is 0 Å². The largest absolute Gasteiger partial charge is 0.479 e. The Balaban J connectivity index is 2.14. The Labute approximate surface area is 103 Å². The van der Waals surface area contributed by atoms with Crippen molar-refractivity contribution in [1.29, 1.82) is 0 Å². The highest BCUT2D eigenvalue weighted by Crippen LogP contribution is 2.29. The Morgan fingerprint density at radius 2 is 2.28 bits per heavy atom. The zero-order chi connectivity index (χ0) is 12.7. The molecule has 2 atom stereocenters. The van der Waals surface area contributed by atoms with E-state index < -0.39 is 6.10 Å². The van der Waals surface area contributed by atoms with Crippen molar-refractivity contribution in [2.75, 3.05) is 12.8 Å². The van der Waals surface area contributed by atoms with E-state index in [1.54, 1.807) is 12.4 Å². The lowest BCUT2D eigenvalue weighted by Crippen LogP contribution is -2.08. The molecule has 94 valence electrons. The molecular weight excluding hydrogens is 234 g/mol. The van der Waals surface area contributed by atoms with Crippen LogP contribution in [0.15, 0.2) is 18.5 Å². The summed E-state index contributed by atoms with van der Waals surface area (Å²) in [6, 6.07) is 0.0315. The van der Waals surface area contributed by atoms with Crippen LogP contribution in [-0.2, 0) is 0 Å². The van der Waals surface area contributed by atoms with Crippen LogP contribution in [0.4, 0.5) is 5.95 Å². The molecule has 0 spiro atoms. The van der Waals surface area contributed by atoms with Crippen molar-refractivity contribution in [1.82, 2.24) is 19.5 Å². The fourth-order valence-electron chi connectivity index (χ4n) is 2.16. The first-order valence-electron chi connectivity index (χ1n) is 5.59. The molecule has 7 heteroatoms. The molecule has 3 rings (SSSR count). The van der Waals surface area contributed by atoms with Crippen molar-refractivity contribution < 1.29 is 9.84 Å². The van der Waals surface area contributed by atoms with E-state index in [-0.39, 0.29) is 12.0 Å². The monoisotopic (exact) mass is 247 g/mol. The number of nitrogen functional groups attached to an aromatic ring is 1. The molecular formula is C11H13N5O2. The van der Waals surface area contributed by atoms with Gasteiger partial charge in [0.2, 0.25) is 11.8 Å². The molecule has 0 aromatic carbocycles. The minimum Gasteiger partial charge on any atom is -0.479 e. The Bertz CT molecular complexity index is 621. The summed E-state index contributed by atoms with van der Waals surface area (Å²) in [4.78, 5) is 12.4. The van der Waals surface area contributed by atoms with E-state index in [0.29, 0.717) is 23.5 Å². The van der Waals surface area contributed by atoms with E-state index in [4.69, 9.17) is 10.5 Å². The molecule has 0 saturated carbocycles. The number of ether oxygens (including phenoxy) is 1. The zero-order valence-corrected chi connectivity index (χ0v) is 9.82. The minimum absolute atomic E-state index is 0.0315. The maximum Gasteiger partial charge on any atom is 0.246 e. The van der Waals surface area contributed by atoms with Crippen molar-refractivity contribution >= 4 is 17.1 Å². The third-order valence-electron chi connectivity index (χ3n) is 3.00. The van der Waals surface area contributed by atoms with E-state index in [9.17, 15) is 5.11 Å². The van der Waals surface area contributed by atoms with Crippen LogP contribution >= 0.6 is 0 Å².